The normalized spacial score (nSPS) is 10.4. The summed E-state index contributed by atoms with van der Waals surface area (Å²) >= 11 is 0. The summed E-state index contributed by atoms with van der Waals surface area (Å²) in [7, 11) is 0. The summed E-state index contributed by atoms with van der Waals surface area (Å²) in [5, 5.41) is 6.44. The van der Waals surface area contributed by atoms with Crippen molar-refractivity contribution in [2.45, 2.75) is 6.92 Å². The number of nitrogens with zero attached hydrogens (tertiary/aromatic N) is 2. The number of nitrogens with two attached hydrogens (primary N) is 2. The number of aromatic nitrogens is 2. The van der Waals surface area contributed by atoms with E-state index in [0.29, 0.717) is 11.4 Å². The molecule has 148 valence electrons. The zero-order valence-corrected chi connectivity index (χ0v) is 15.6. The number of nitrogens with one attached hydrogen (secondary N) is 1. The Bertz CT molecular complexity index is 1070. The quantitative estimate of drug-likeness (QED) is 0.563. The molecule has 0 aliphatic carbocycles. The number of ketones is 1. The van der Waals surface area contributed by atoms with Crippen LogP contribution >= 0.6 is 0 Å². The molecule has 1 heterocycles. The summed E-state index contributed by atoms with van der Waals surface area (Å²) in [6.45, 7) is 1.48. The molecule has 0 spiro atoms. The average molecular weight is 393 g/mol. The van der Waals surface area contributed by atoms with Crippen LogP contribution in [0.4, 0.5) is 10.5 Å². The van der Waals surface area contributed by atoms with Crippen LogP contribution in [-0.2, 0) is 4.79 Å². The lowest BCUT2D eigenvalue weighted by molar-refractivity contribution is -0.118. The Labute approximate surface area is 166 Å². The van der Waals surface area contributed by atoms with Gasteiger partial charge in [0.05, 0.1) is 17.6 Å². The Morgan fingerprint density at radius 2 is 1.79 bits per heavy atom. The summed E-state index contributed by atoms with van der Waals surface area (Å²) in [5.74, 6) is -0.242. The number of anilines is 1. The third-order valence-electron chi connectivity index (χ3n) is 3.95. The first-order valence-electron chi connectivity index (χ1n) is 8.62. The maximum absolute atomic E-state index is 11.5. The van der Waals surface area contributed by atoms with E-state index in [0.717, 1.165) is 11.1 Å². The zero-order valence-electron chi connectivity index (χ0n) is 15.6. The van der Waals surface area contributed by atoms with Gasteiger partial charge in [0.15, 0.2) is 11.5 Å². The molecular formula is C20H19N5O4. The van der Waals surface area contributed by atoms with Gasteiger partial charge in [-0.25, -0.2) is 9.48 Å². The highest BCUT2D eigenvalue weighted by Gasteiger charge is 2.16. The minimum atomic E-state index is -0.825. The van der Waals surface area contributed by atoms with Crippen molar-refractivity contribution in [1.82, 2.24) is 9.78 Å². The van der Waals surface area contributed by atoms with Crippen LogP contribution in [0.2, 0.25) is 0 Å². The lowest BCUT2D eigenvalue weighted by atomic mass is 10.1. The molecule has 0 fully saturated rings. The van der Waals surface area contributed by atoms with Crippen molar-refractivity contribution >= 4 is 23.4 Å². The number of hydrogen-bond donors (Lipinski definition) is 3. The van der Waals surface area contributed by atoms with Crippen LogP contribution in [-0.4, -0.2) is 34.1 Å². The lowest BCUT2D eigenvalue weighted by Crippen LogP contribution is -2.22. The van der Waals surface area contributed by atoms with Crippen molar-refractivity contribution in [3.05, 3.63) is 60.4 Å². The summed E-state index contributed by atoms with van der Waals surface area (Å²) in [6.07, 6.45) is 1.45. The smallest absolute Gasteiger partial charge is 0.316 e. The number of amides is 3. The molecule has 9 nitrogen and oxygen atoms in total. The highest BCUT2D eigenvalue weighted by Crippen LogP contribution is 2.25. The van der Waals surface area contributed by atoms with E-state index in [1.54, 1.807) is 18.2 Å². The molecule has 0 saturated heterocycles. The molecule has 5 N–H and O–H groups in total. The van der Waals surface area contributed by atoms with E-state index in [9.17, 15) is 14.4 Å². The molecule has 3 rings (SSSR count). The molecule has 0 saturated carbocycles. The molecular weight excluding hydrogens is 374 g/mol. The first kappa shape index (κ1) is 19.6. The summed E-state index contributed by atoms with van der Waals surface area (Å²) in [4.78, 5) is 33.7. The Hall–Kier alpha value is -4.14. The Kier molecular flexibility index (Phi) is 5.59. The predicted octanol–water partition coefficient (Wildman–Crippen LogP) is 2.10. The van der Waals surface area contributed by atoms with E-state index < -0.39 is 11.9 Å². The first-order chi connectivity index (χ1) is 13.8. The van der Waals surface area contributed by atoms with Crippen LogP contribution < -0.4 is 21.5 Å². The molecule has 0 atom stereocenters. The molecule has 29 heavy (non-hydrogen) atoms. The Morgan fingerprint density at radius 1 is 1.07 bits per heavy atom. The standard InChI is InChI=1S/C20H19N5O4/c1-12(26)11-29-16-4-2-3-14(9-16)13-5-7-15(8-6-13)25-10-17(23-20(22)28)18(24-25)19(21)27/h2-10H,11H2,1H3,(H2,21,27)(H3,22,23,28). The fraction of sp³-hybridized carbons (Fsp3) is 0.100. The molecule has 9 heteroatoms. The second-order valence-corrected chi connectivity index (χ2v) is 6.25. The third-order valence-corrected chi connectivity index (χ3v) is 3.95. The fourth-order valence-corrected chi connectivity index (χ4v) is 2.67. The number of benzene rings is 2. The van der Waals surface area contributed by atoms with Crippen LogP contribution in [0.5, 0.6) is 5.75 Å². The minimum Gasteiger partial charge on any atom is -0.486 e. The van der Waals surface area contributed by atoms with Gasteiger partial charge in [0.25, 0.3) is 5.91 Å². The maximum atomic E-state index is 11.5. The van der Waals surface area contributed by atoms with E-state index in [2.05, 4.69) is 10.4 Å². The van der Waals surface area contributed by atoms with E-state index >= 15 is 0 Å². The third kappa shape index (κ3) is 4.78. The van der Waals surface area contributed by atoms with Gasteiger partial charge in [0, 0.05) is 0 Å². The van der Waals surface area contributed by atoms with Crippen molar-refractivity contribution < 1.29 is 19.1 Å². The topological polar surface area (TPSA) is 142 Å². The molecule has 0 aliphatic rings. The van der Waals surface area contributed by atoms with Crippen LogP contribution in [0.25, 0.3) is 16.8 Å². The average Bonchev–Trinajstić information content (AvgIpc) is 3.10. The van der Waals surface area contributed by atoms with E-state index in [1.165, 1.54) is 17.8 Å². The second-order valence-electron chi connectivity index (χ2n) is 6.25. The number of urea groups is 1. The number of carbonyl (C=O) groups excluding carboxylic acids is 3. The summed E-state index contributed by atoms with van der Waals surface area (Å²) < 4.78 is 6.86. The van der Waals surface area contributed by atoms with E-state index in [4.69, 9.17) is 16.2 Å². The van der Waals surface area contributed by atoms with Gasteiger partial charge >= 0.3 is 6.03 Å². The van der Waals surface area contributed by atoms with Gasteiger partial charge in [-0.3, -0.25) is 9.59 Å². The molecule has 0 bridgehead atoms. The Balaban J connectivity index is 1.85. The summed E-state index contributed by atoms with van der Waals surface area (Å²) in [6, 6.07) is 13.9. The van der Waals surface area contributed by atoms with Crippen molar-refractivity contribution in [2.75, 3.05) is 11.9 Å². The first-order valence-corrected chi connectivity index (χ1v) is 8.62. The minimum absolute atomic E-state index is 0.0194. The molecule has 0 aliphatic heterocycles. The molecule has 2 aromatic carbocycles. The fourth-order valence-electron chi connectivity index (χ4n) is 2.67. The largest absolute Gasteiger partial charge is 0.486 e. The van der Waals surface area contributed by atoms with Gasteiger partial charge < -0.3 is 21.5 Å². The highest BCUT2D eigenvalue weighted by molar-refractivity contribution is 6.00. The molecule has 3 amide bonds. The van der Waals surface area contributed by atoms with Crippen molar-refractivity contribution in [1.29, 1.82) is 0 Å². The number of primary amides is 2. The van der Waals surface area contributed by atoms with Crippen LogP contribution in [0.3, 0.4) is 0 Å². The monoisotopic (exact) mass is 393 g/mol. The maximum Gasteiger partial charge on any atom is 0.316 e. The van der Waals surface area contributed by atoms with Gasteiger partial charge in [0.1, 0.15) is 12.4 Å². The van der Waals surface area contributed by atoms with Crippen molar-refractivity contribution in [3.63, 3.8) is 0 Å². The number of rotatable bonds is 7. The number of carbonyl (C=O) groups is 3. The van der Waals surface area contributed by atoms with E-state index in [-0.39, 0.29) is 23.8 Å². The van der Waals surface area contributed by atoms with Gasteiger partial charge in [-0.05, 0) is 42.3 Å². The van der Waals surface area contributed by atoms with Gasteiger partial charge in [0.2, 0.25) is 0 Å². The second kappa shape index (κ2) is 8.26. The van der Waals surface area contributed by atoms with E-state index in [1.807, 2.05) is 30.3 Å². The van der Waals surface area contributed by atoms with Gasteiger partial charge in [-0.2, -0.15) is 5.10 Å². The molecule has 3 aromatic rings. The summed E-state index contributed by atoms with van der Waals surface area (Å²) in [5.41, 5.74) is 12.9. The molecule has 1 aromatic heterocycles. The molecule has 0 unspecified atom stereocenters. The number of hydrogen-bond acceptors (Lipinski definition) is 5. The zero-order chi connectivity index (χ0) is 21.0. The number of Topliss-reactive ketones (excluding diaryl/α,β-unsaturated/α-hetero) is 1. The van der Waals surface area contributed by atoms with Crippen molar-refractivity contribution in [3.8, 4) is 22.6 Å². The van der Waals surface area contributed by atoms with Crippen LogP contribution in [0.1, 0.15) is 17.4 Å². The highest BCUT2D eigenvalue weighted by atomic mass is 16.5. The van der Waals surface area contributed by atoms with Crippen LogP contribution in [0, 0.1) is 0 Å². The molecule has 0 radical (unpaired) electrons. The van der Waals surface area contributed by atoms with Gasteiger partial charge in [-0.1, -0.05) is 24.3 Å². The van der Waals surface area contributed by atoms with Gasteiger partial charge in [-0.15, -0.1) is 0 Å². The van der Waals surface area contributed by atoms with Crippen LogP contribution in [0.15, 0.2) is 54.7 Å². The predicted molar refractivity (Wildman–Crippen MR) is 107 cm³/mol. The SMILES string of the molecule is CC(=O)COc1cccc(-c2ccc(-n3cc(NC(N)=O)c(C(N)=O)n3)cc2)c1. The lowest BCUT2D eigenvalue weighted by Gasteiger charge is -2.08. The number of ether oxygens (including phenoxy) is 1. The Morgan fingerprint density at radius 3 is 2.41 bits per heavy atom. The van der Waals surface area contributed by atoms with Crippen molar-refractivity contribution in [2.24, 2.45) is 11.5 Å².